The maximum absolute atomic E-state index is 13.9. The highest BCUT2D eigenvalue weighted by Crippen LogP contribution is 2.37. The molecule has 6 heteroatoms. The first kappa shape index (κ1) is 20.7. The van der Waals surface area contributed by atoms with Crippen molar-refractivity contribution in [1.82, 2.24) is 15.2 Å². The van der Waals surface area contributed by atoms with Gasteiger partial charge in [-0.1, -0.05) is 66.7 Å². The first-order valence-electron chi connectivity index (χ1n) is 10.8. The number of urea groups is 1. The van der Waals surface area contributed by atoms with Crippen molar-refractivity contribution < 1.29 is 14.4 Å². The molecule has 0 spiro atoms. The quantitative estimate of drug-likeness (QED) is 0.357. The number of nitrogens with one attached hydrogen (secondary N) is 2. The van der Waals surface area contributed by atoms with Gasteiger partial charge in [-0.3, -0.25) is 14.5 Å². The lowest BCUT2D eigenvalue weighted by Crippen LogP contribution is -2.45. The average Bonchev–Trinajstić information content (AvgIpc) is 3.37. The molecule has 3 aromatic carbocycles. The van der Waals surface area contributed by atoms with Gasteiger partial charge in [0, 0.05) is 22.7 Å². The second-order valence-corrected chi connectivity index (χ2v) is 8.41. The molecule has 0 saturated carbocycles. The van der Waals surface area contributed by atoms with Crippen LogP contribution in [0.15, 0.2) is 79.0 Å². The molecule has 4 aromatic rings. The van der Waals surface area contributed by atoms with Gasteiger partial charge >= 0.3 is 6.03 Å². The number of imide groups is 1. The lowest BCUT2D eigenvalue weighted by molar-refractivity contribution is -0.129. The summed E-state index contributed by atoms with van der Waals surface area (Å²) >= 11 is 0. The molecular weight excluding hydrogens is 414 g/mol. The number of nitrogens with zero attached hydrogens (tertiary/aromatic N) is 1. The number of Topliss-reactive ketones (excluding diaryl/α,β-unsaturated/α-hetero) is 1. The Balaban J connectivity index is 1.56. The van der Waals surface area contributed by atoms with Gasteiger partial charge in [0.25, 0.3) is 5.91 Å². The molecule has 2 N–H and O–H groups in total. The molecule has 0 aliphatic carbocycles. The number of rotatable bonds is 5. The number of para-hydroxylation sites is 1. The van der Waals surface area contributed by atoms with Gasteiger partial charge in [-0.2, -0.15) is 0 Å². The first-order valence-corrected chi connectivity index (χ1v) is 10.8. The van der Waals surface area contributed by atoms with Crippen molar-refractivity contribution >= 4 is 28.6 Å². The second kappa shape index (κ2) is 7.74. The average molecular weight is 437 g/mol. The number of aromatic amines is 1. The largest absolute Gasteiger partial charge is 0.360 e. The van der Waals surface area contributed by atoms with E-state index in [1.54, 1.807) is 6.20 Å². The molecule has 2 heterocycles. The lowest BCUT2D eigenvalue weighted by atomic mass is 9.81. The Morgan fingerprint density at radius 2 is 1.61 bits per heavy atom. The van der Waals surface area contributed by atoms with Crippen LogP contribution in [0.4, 0.5) is 4.79 Å². The third kappa shape index (κ3) is 3.22. The number of amides is 3. The van der Waals surface area contributed by atoms with E-state index < -0.39 is 17.5 Å². The topological polar surface area (TPSA) is 82.3 Å². The molecule has 33 heavy (non-hydrogen) atoms. The lowest BCUT2D eigenvalue weighted by Gasteiger charge is -2.28. The van der Waals surface area contributed by atoms with Crippen LogP contribution >= 0.6 is 0 Å². The number of H-pyrrole nitrogens is 1. The molecule has 1 saturated heterocycles. The number of carbonyl (C=O) groups excluding carboxylic acids is 3. The Kier molecular flexibility index (Phi) is 4.86. The number of aryl methyl sites for hydroxylation is 2. The predicted molar refractivity (Wildman–Crippen MR) is 126 cm³/mol. The Labute approximate surface area is 191 Å². The van der Waals surface area contributed by atoms with E-state index in [1.165, 1.54) is 0 Å². The van der Waals surface area contributed by atoms with Crippen molar-refractivity contribution in [2.24, 2.45) is 0 Å². The van der Waals surface area contributed by atoms with Crippen LogP contribution in [0.25, 0.3) is 10.9 Å². The van der Waals surface area contributed by atoms with Crippen molar-refractivity contribution in [2.75, 3.05) is 6.54 Å². The summed E-state index contributed by atoms with van der Waals surface area (Å²) in [7, 11) is 0. The number of carbonyl (C=O) groups is 3. The molecule has 1 aliphatic heterocycles. The summed E-state index contributed by atoms with van der Waals surface area (Å²) < 4.78 is 0. The number of ketones is 1. The molecule has 6 nitrogen and oxygen atoms in total. The third-order valence-electron chi connectivity index (χ3n) is 6.44. The maximum atomic E-state index is 13.9. The van der Waals surface area contributed by atoms with Crippen LogP contribution in [0.3, 0.4) is 0 Å². The molecule has 1 aliphatic rings. The zero-order valence-electron chi connectivity index (χ0n) is 18.4. The minimum atomic E-state index is -1.39. The molecule has 0 bridgehead atoms. The number of benzene rings is 3. The summed E-state index contributed by atoms with van der Waals surface area (Å²) in [4.78, 5) is 44.2. The van der Waals surface area contributed by atoms with Crippen molar-refractivity contribution in [2.45, 2.75) is 19.4 Å². The van der Waals surface area contributed by atoms with Crippen molar-refractivity contribution in [3.8, 4) is 0 Å². The molecule has 3 amide bonds. The van der Waals surface area contributed by atoms with Gasteiger partial charge in [-0.15, -0.1) is 0 Å². The van der Waals surface area contributed by atoms with Gasteiger partial charge in [-0.25, -0.2) is 4.79 Å². The third-order valence-corrected chi connectivity index (χ3v) is 6.44. The van der Waals surface area contributed by atoms with Crippen LogP contribution in [0.1, 0.15) is 32.6 Å². The van der Waals surface area contributed by atoms with E-state index in [2.05, 4.69) is 10.3 Å². The van der Waals surface area contributed by atoms with E-state index in [1.807, 2.05) is 86.6 Å². The van der Waals surface area contributed by atoms with Gasteiger partial charge < -0.3 is 10.3 Å². The van der Waals surface area contributed by atoms with E-state index in [4.69, 9.17) is 0 Å². The van der Waals surface area contributed by atoms with Crippen molar-refractivity contribution in [3.05, 3.63) is 107 Å². The van der Waals surface area contributed by atoms with Gasteiger partial charge in [0.1, 0.15) is 0 Å². The molecule has 1 aromatic heterocycles. The second-order valence-electron chi connectivity index (χ2n) is 8.41. The van der Waals surface area contributed by atoms with Crippen LogP contribution in [-0.2, 0) is 10.3 Å². The Morgan fingerprint density at radius 3 is 2.36 bits per heavy atom. The zero-order valence-corrected chi connectivity index (χ0v) is 18.4. The SMILES string of the molecule is Cc1ccc(C2(c3ccccc3)NC(=O)N(CC(=O)c3c[nH]c4ccccc34)C2=O)cc1C. The molecular formula is C27H23N3O3. The predicted octanol–water partition coefficient (Wildman–Crippen LogP) is 4.46. The number of aromatic nitrogens is 1. The maximum Gasteiger partial charge on any atom is 0.325 e. The Bertz CT molecular complexity index is 1410. The van der Waals surface area contributed by atoms with Gasteiger partial charge in [0.15, 0.2) is 11.3 Å². The molecule has 5 rings (SSSR count). The van der Waals surface area contributed by atoms with Crippen LogP contribution < -0.4 is 5.32 Å². The van der Waals surface area contributed by atoms with Crippen LogP contribution in [0, 0.1) is 13.8 Å². The molecule has 1 atom stereocenters. The van der Waals surface area contributed by atoms with Gasteiger partial charge in [0.2, 0.25) is 0 Å². The minimum absolute atomic E-state index is 0.306. The number of fused-ring (bicyclic) bond motifs is 1. The summed E-state index contributed by atoms with van der Waals surface area (Å²) in [6.45, 7) is 3.62. The van der Waals surface area contributed by atoms with E-state index >= 15 is 0 Å². The summed E-state index contributed by atoms with van der Waals surface area (Å²) in [6, 6.07) is 21.7. The normalized spacial score (nSPS) is 18.1. The molecule has 1 unspecified atom stereocenters. The Hall–Kier alpha value is -4.19. The first-order chi connectivity index (χ1) is 15.9. The molecule has 1 fully saturated rings. The fourth-order valence-corrected chi connectivity index (χ4v) is 4.47. The fraction of sp³-hybridized carbons (Fsp3) is 0.148. The minimum Gasteiger partial charge on any atom is -0.360 e. The number of hydrogen-bond donors (Lipinski definition) is 2. The van der Waals surface area contributed by atoms with E-state index in [0.29, 0.717) is 16.7 Å². The van der Waals surface area contributed by atoms with E-state index in [9.17, 15) is 14.4 Å². The smallest absolute Gasteiger partial charge is 0.325 e. The molecule has 164 valence electrons. The zero-order chi connectivity index (χ0) is 23.2. The monoisotopic (exact) mass is 437 g/mol. The Morgan fingerprint density at radius 1 is 0.879 bits per heavy atom. The highest BCUT2D eigenvalue weighted by molar-refractivity contribution is 6.15. The van der Waals surface area contributed by atoms with Crippen molar-refractivity contribution in [1.29, 1.82) is 0 Å². The number of hydrogen-bond acceptors (Lipinski definition) is 3. The standard InChI is InChI=1S/C27H23N3O3/c1-17-12-13-20(14-18(17)2)27(19-8-4-3-5-9-19)25(32)30(26(33)29-27)16-24(31)22-15-28-23-11-7-6-10-21(22)23/h3-15,28H,16H2,1-2H3,(H,29,33). The van der Waals surface area contributed by atoms with Gasteiger partial charge in [0.05, 0.1) is 6.54 Å². The summed E-state index contributed by atoms with van der Waals surface area (Å²) in [5, 5.41) is 3.67. The van der Waals surface area contributed by atoms with E-state index in [-0.39, 0.29) is 12.3 Å². The molecule has 0 radical (unpaired) electrons. The van der Waals surface area contributed by atoms with E-state index in [0.717, 1.165) is 26.9 Å². The van der Waals surface area contributed by atoms with Crippen LogP contribution in [0.5, 0.6) is 0 Å². The summed E-state index contributed by atoms with van der Waals surface area (Å²) in [6.07, 6.45) is 1.62. The summed E-state index contributed by atoms with van der Waals surface area (Å²) in [5.74, 6) is -0.768. The van der Waals surface area contributed by atoms with Gasteiger partial charge in [-0.05, 0) is 42.2 Å². The highest BCUT2D eigenvalue weighted by Gasteiger charge is 2.54. The van der Waals surface area contributed by atoms with Crippen molar-refractivity contribution in [3.63, 3.8) is 0 Å². The fourth-order valence-electron chi connectivity index (χ4n) is 4.47. The van der Waals surface area contributed by atoms with Crippen LogP contribution in [0.2, 0.25) is 0 Å². The highest BCUT2D eigenvalue weighted by atomic mass is 16.2. The van der Waals surface area contributed by atoms with Crippen LogP contribution in [-0.4, -0.2) is 34.2 Å². The summed E-state index contributed by atoms with van der Waals surface area (Å²) in [5.41, 5.74) is 3.30.